The Labute approximate surface area is 76.4 Å². The smallest absolute Gasteiger partial charge is 0.134 e. The third-order valence-electron chi connectivity index (χ3n) is 1.86. The number of fused-ring (bicyclic) bond motifs is 1. The van der Waals surface area contributed by atoms with E-state index < -0.39 is 0 Å². The fraction of sp³-hybridized carbons (Fsp3) is 0. The van der Waals surface area contributed by atoms with Crippen LogP contribution >= 0.6 is 0 Å². The Bertz CT molecular complexity index is 424. The molecule has 2 rings (SSSR count). The molecule has 13 heavy (non-hydrogen) atoms. The second-order valence-corrected chi connectivity index (χ2v) is 2.65. The number of allylic oxidation sites excluding steroid dienone is 3. The molecule has 62 valence electrons. The number of benzene rings is 1. The third-order valence-corrected chi connectivity index (χ3v) is 1.86. The maximum absolute atomic E-state index is 8.54. The highest BCUT2D eigenvalue weighted by molar-refractivity contribution is 5.80. The molecular formula is C11H7NO. The van der Waals surface area contributed by atoms with Gasteiger partial charge in [0.25, 0.3) is 0 Å². The van der Waals surface area contributed by atoms with Crippen molar-refractivity contribution in [1.29, 1.82) is 5.26 Å². The average Bonchev–Trinajstić information content (AvgIpc) is 2.19. The van der Waals surface area contributed by atoms with Crippen LogP contribution in [0.5, 0.6) is 5.75 Å². The summed E-state index contributed by atoms with van der Waals surface area (Å²) in [7, 11) is 0. The van der Waals surface area contributed by atoms with E-state index in [1.54, 1.807) is 12.3 Å². The molecule has 0 saturated heterocycles. The summed E-state index contributed by atoms with van der Waals surface area (Å²) < 4.78 is 5.27. The van der Waals surface area contributed by atoms with Crippen molar-refractivity contribution in [3.8, 4) is 11.8 Å². The molecule has 0 N–H and O–H groups in total. The summed E-state index contributed by atoms with van der Waals surface area (Å²) >= 11 is 0. The zero-order valence-corrected chi connectivity index (χ0v) is 6.90. The molecular weight excluding hydrogens is 162 g/mol. The lowest BCUT2D eigenvalue weighted by Crippen LogP contribution is -1.94. The van der Waals surface area contributed by atoms with Crippen LogP contribution in [0, 0.1) is 11.3 Å². The quantitative estimate of drug-likeness (QED) is 0.559. The lowest BCUT2D eigenvalue weighted by molar-refractivity contribution is 0.476. The molecule has 2 heteroatoms. The van der Waals surface area contributed by atoms with Crippen LogP contribution < -0.4 is 4.74 Å². The molecule has 0 unspecified atom stereocenters. The molecule has 1 aromatic rings. The monoisotopic (exact) mass is 169 g/mol. The third kappa shape index (κ3) is 1.32. The molecule has 1 aromatic carbocycles. The van der Waals surface area contributed by atoms with Crippen molar-refractivity contribution < 1.29 is 4.74 Å². The van der Waals surface area contributed by atoms with Gasteiger partial charge in [-0.2, -0.15) is 5.26 Å². The maximum atomic E-state index is 8.54. The Hall–Kier alpha value is -2.01. The van der Waals surface area contributed by atoms with E-state index in [0.29, 0.717) is 0 Å². The summed E-state index contributed by atoms with van der Waals surface area (Å²) in [5, 5.41) is 8.54. The summed E-state index contributed by atoms with van der Waals surface area (Å²) in [6.07, 6.45) is 4.88. The van der Waals surface area contributed by atoms with Gasteiger partial charge in [-0.15, -0.1) is 0 Å². The minimum Gasteiger partial charge on any atom is -0.464 e. The second kappa shape index (κ2) is 3.16. The lowest BCUT2D eigenvalue weighted by Gasteiger charge is -2.12. The van der Waals surface area contributed by atoms with E-state index in [9.17, 15) is 0 Å². The van der Waals surface area contributed by atoms with Crippen LogP contribution in [0.1, 0.15) is 5.56 Å². The minimum atomic E-state index is 0.798. The Balaban J connectivity index is 2.56. The van der Waals surface area contributed by atoms with Gasteiger partial charge in [0.05, 0.1) is 12.3 Å². The normalized spacial score (nSPS) is 16.1. The fourth-order valence-electron chi connectivity index (χ4n) is 1.27. The van der Waals surface area contributed by atoms with E-state index in [0.717, 1.165) is 16.9 Å². The minimum absolute atomic E-state index is 0.798. The van der Waals surface area contributed by atoms with Crippen molar-refractivity contribution in [2.75, 3.05) is 0 Å². The number of para-hydroxylation sites is 1. The number of nitriles is 1. The molecule has 0 fully saturated rings. The topological polar surface area (TPSA) is 33.0 Å². The molecule has 1 aliphatic rings. The second-order valence-electron chi connectivity index (χ2n) is 2.65. The highest BCUT2D eigenvalue weighted by Crippen LogP contribution is 2.30. The Morgan fingerprint density at radius 2 is 2.15 bits per heavy atom. The van der Waals surface area contributed by atoms with Crippen molar-refractivity contribution in [3.63, 3.8) is 0 Å². The van der Waals surface area contributed by atoms with E-state index >= 15 is 0 Å². The van der Waals surface area contributed by atoms with Crippen LogP contribution in [0.3, 0.4) is 0 Å². The Kier molecular flexibility index (Phi) is 1.85. The number of hydrogen-bond donors (Lipinski definition) is 0. The van der Waals surface area contributed by atoms with Crippen LogP contribution in [0.15, 0.2) is 42.7 Å². The molecule has 0 aliphatic carbocycles. The number of ether oxygens (including phenoxy) is 1. The van der Waals surface area contributed by atoms with Crippen molar-refractivity contribution in [1.82, 2.24) is 0 Å². The SMILES string of the molecule is N#C/C=C1/C=COc2ccccc21. The molecule has 0 amide bonds. The van der Waals surface area contributed by atoms with Crippen molar-refractivity contribution in [3.05, 3.63) is 48.2 Å². The molecule has 0 bridgehead atoms. The molecule has 2 nitrogen and oxygen atoms in total. The van der Waals surface area contributed by atoms with E-state index in [1.807, 2.05) is 30.3 Å². The predicted molar refractivity (Wildman–Crippen MR) is 49.8 cm³/mol. The Morgan fingerprint density at radius 3 is 3.00 bits per heavy atom. The van der Waals surface area contributed by atoms with Gasteiger partial charge < -0.3 is 4.74 Å². The highest BCUT2D eigenvalue weighted by atomic mass is 16.5. The lowest BCUT2D eigenvalue weighted by atomic mass is 10.0. The van der Waals surface area contributed by atoms with E-state index in [2.05, 4.69) is 0 Å². The van der Waals surface area contributed by atoms with Crippen LogP contribution in [0.2, 0.25) is 0 Å². The first-order valence-corrected chi connectivity index (χ1v) is 3.94. The first-order valence-electron chi connectivity index (χ1n) is 3.94. The van der Waals surface area contributed by atoms with Gasteiger partial charge in [0.2, 0.25) is 0 Å². The van der Waals surface area contributed by atoms with Gasteiger partial charge in [-0.05, 0) is 17.7 Å². The van der Waals surface area contributed by atoms with E-state index in [1.165, 1.54) is 6.08 Å². The number of nitrogens with zero attached hydrogens (tertiary/aromatic N) is 1. The van der Waals surface area contributed by atoms with Gasteiger partial charge >= 0.3 is 0 Å². The van der Waals surface area contributed by atoms with E-state index in [-0.39, 0.29) is 0 Å². The summed E-state index contributed by atoms with van der Waals surface area (Å²) in [5.41, 5.74) is 1.86. The molecule has 1 heterocycles. The van der Waals surface area contributed by atoms with E-state index in [4.69, 9.17) is 10.00 Å². The molecule has 0 spiro atoms. The van der Waals surface area contributed by atoms with Crippen molar-refractivity contribution >= 4 is 5.57 Å². The predicted octanol–water partition coefficient (Wildman–Crippen LogP) is 2.50. The fourth-order valence-corrected chi connectivity index (χ4v) is 1.27. The van der Waals surface area contributed by atoms with Crippen LogP contribution in [-0.2, 0) is 0 Å². The van der Waals surface area contributed by atoms with Gasteiger partial charge in [0.15, 0.2) is 0 Å². The first-order chi connectivity index (χ1) is 6.42. The zero-order valence-electron chi connectivity index (χ0n) is 6.90. The molecule has 0 aromatic heterocycles. The van der Waals surface area contributed by atoms with Gasteiger partial charge in [-0.3, -0.25) is 0 Å². The van der Waals surface area contributed by atoms with Crippen LogP contribution in [0.4, 0.5) is 0 Å². The van der Waals surface area contributed by atoms with Crippen LogP contribution in [-0.4, -0.2) is 0 Å². The molecule has 0 atom stereocenters. The maximum Gasteiger partial charge on any atom is 0.134 e. The van der Waals surface area contributed by atoms with Crippen LogP contribution in [0.25, 0.3) is 5.57 Å². The molecule has 1 aliphatic heterocycles. The van der Waals surface area contributed by atoms with Gasteiger partial charge in [-0.1, -0.05) is 18.2 Å². The number of hydrogen-bond acceptors (Lipinski definition) is 2. The average molecular weight is 169 g/mol. The van der Waals surface area contributed by atoms with Gasteiger partial charge in [-0.25, -0.2) is 0 Å². The van der Waals surface area contributed by atoms with Gasteiger partial charge in [0.1, 0.15) is 5.75 Å². The first kappa shape index (κ1) is 7.63. The molecule has 0 radical (unpaired) electrons. The van der Waals surface area contributed by atoms with Gasteiger partial charge in [0, 0.05) is 11.6 Å². The zero-order chi connectivity index (χ0) is 9.10. The summed E-state index contributed by atoms with van der Waals surface area (Å²) in [6, 6.07) is 9.65. The standard InChI is InChI=1S/C11H7NO/c12-7-5-9-6-8-13-11-4-2-1-3-10(9)11/h1-6,8H/b9-5-. The summed E-state index contributed by atoms with van der Waals surface area (Å²) in [6.45, 7) is 0. The summed E-state index contributed by atoms with van der Waals surface area (Å²) in [5.74, 6) is 0.798. The Morgan fingerprint density at radius 1 is 1.31 bits per heavy atom. The van der Waals surface area contributed by atoms with Crippen molar-refractivity contribution in [2.45, 2.75) is 0 Å². The number of rotatable bonds is 0. The largest absolute Gasteiger partial charge is 0.464 e. The van der Waals surface area contributed by atoms with Crippen molar-refractivity contribution in [2.24, 2.45) is 0 Å². The molecule has 0 saturated carbocycles. The summed E-state index contributed by atoms with van der Waals surface area (Å²) in [4.78, 5) is 0. The highest BCUT2D eigenvalue weighted by Gasteiger charge is 2.08.